The lowest BCUT2D eigenvalue weighted by Gasteiger charge is -2.35. The molecule has 2 saturated heterocycles. The minimum atomic E-state index is 0.124. The van der Waals surface area contributed by atoms with Crippen LogP contribution in [0.4, 0.5) is 5.82 Å². The van der Waals surface area contributed by atoms with Gasteiger partial charge in [0.25, 0.3) is 5.91 Å². The number of rotatable bonds is 4. The minimum absolute atomic E-state index is 0.124. The first kappa shape index (κ1) is 17.0. The topological polar surface area (TPSA) is 39.7 Å². The fourth-order valence-electron chi connectivity index (χ4n) is 3.87. The van der Waals surface area contributed by atoms with Crippen LogP contribution in [-0.4, -0.2) is 60.0 Å². The lowest BCUT2D eigenvalue weighted by molar-refractivity contribution is 0.0628. The van der Waals surface area contributed by atoms with Gasteiger partial charge in [0.05, 0.1) is 5.56 Å². The van der Waals surface area contributed by atoms with Gasteiger partial charge in [-0.3, -0.25) is 9.69 Å². The van der Waals surface area contributed by atoms with Gasteiger partial charge in [0.2, 0.25) is 0 Å². The Morgan fingerprint density at radius 1 is 0.885 bits per heavy atom. The highest BCUT2D eigenvalue weighted by Crippen LogP contribution is 2.23. The molecule has 0 aliphatic carbocycles. The molecule has 136 valence electrons. The third kappa shape index (κ3) is 3.73. The molecule has 5 nitrogen and oxygen atoms in total. The van der Waals surface area contributed by atoms with E-state index in [9.17, 15) is 4.79 Å². The average molecular weight is 350 g/mol. The third-order valence-electron chi connectivity index (χ3n) is 5.33. The highest BCUT2D eigenvalue weighted by Gasteiger charge is 2.26. The van der Waals surface area contributed by atoms with E-state index >= 15 is 0 Å². The van der Waals surface area contributed by atoms with E-state index in [-0.39, 0.29) is 5.91 Å². The number of hydrogen-bond donors (Lipinski definition) is 0. The van der Waals surface area contributed by atoms with Gasteiger partial charge < -0.3 is 9.80 Å². The van der Waals surface area contributed by atoms with Gasteiger partial charge in [-0.2, -0.15) is 0 Å². The predicted molar refractivity (Wildman–Crippen MR) is 103 cm³/mol. The van der Waals surface area contributed by atoms with Gasteiger partial charge in [0, 0.05) is 52.0 Å². The SMILES string of the molecule is O=C(c1cccnc1N1CCCC1)N1CCN(Cc2ccccc2)CC1. The first-order valence-corrected chi connectivity index (χ1v) is 9.57. The van der Waals surface area contributed by atoms with Gasteiger partial charge in [-0.15, -0.1) is 0 Å². The number of benzene rings is 1. The first-order valence-electron chi connectivity index (χ1n) is 9.57. The molecule has 1 aromatic heterocycles. The summed E-state index contributed by atoms with van der Waals surface area (Å²) in [5.41, 5.74) is 2.08. The smallest absolute Gasteiger partial charge is 0.257 e. The zero-order valence-electron chi connectivity index (χ0n) is 15.2. The summed E-state index contributed by atoms with van der Waals surface area (Å²) in [7, 11) is 0. The first-order chi connectivity index (χ1) is 12.8. The van der Waals surface area contributed by atoms with Crippen molar-refractivity contribution in [2.24, 2.45) is 0 Å². The summed E-state index contributed by atoms with van der Waals surface area (Å²) < 4.78 is 0. The molecule has 5 heteroatoms. The largest absolute Gasteiger partial charge is 0.356 e. The summed E-state index contributed by atoms with van der Waals surface area (Å²) in [6, 6.07) is 14.3. The van der Waals surface area contributed by atoms with Gasteiger partial charge in [0.15, 0.2) is 0 Å². The van der Waals surface area contributed by atoms with Crippen LogP contribution in [-0.2, 0) is 6.54 Å². The average Bonchev–Trinajstić information content (AvgIpc) is 3.24. The van der Waals surface area contributed by atoms with Crippen molar-refractivity contribution in [2.75, 3.05) is 44.2 Å². The number of anilines is 1. The molecule has 0 spiro atoms. The van der Waals surface area contributed by atoms with Crippen LogP contribution in [0, 0.1) is 0 Å². The standard InChI is InChI=1S/C21H26N4O/c26-21(19-9-6-10-22-20(19)24-11-4-5-12-24)25-15-13-23(14-16-25)17-18-7-2-1-3-8-18/h1-3,6-10H,4-5,11-17H2. The predicted octanol–water partition coefficient (Wildman–Crippen LogP) is 2.64. The van der Waals surface area contributed by atoms with Crippen LogP contribution in [0.5, 0.6) is 0 Å². The molecule has 3 heterocycles. The summed E-state index contributed by atoms with van der Waals surface area (Å²) in [5.74, 6) is 0.987. The molecule has 0 bridgehead atoms. The van der Waals surface area contributed by atoms with Crippen LogP contribution in [0.25, 0.3) is 0 Å². The summed E-state index contributed by atoms with van der Waals surface area (Å²) in [6.45, 7) is 6.35. The molecule has 4 rings (SSSR count). The van der Waals surface area contributed by atoms with Crippen LogP contribution in [0.1, 0.15) is 28.8 Å². The maximum absolute atomic E-state index is 13.1. The Bertz CT molecular complexity index is 735. The molecule has 1 aromatic carbocycles. The molecule has 0 N–H and O–H groups in total. The zero-order valence-corrected chi connectivity index (χ0v) is 15.2. The molecule has 2 fully saturated rings. The number of carbonyl (C=O) groups excluding carboxylic acids is 1. The molecule has 2 aliphatic rings. The van der Waals surface area contributed by atoms with Crippen molar-refractivity contribution in [2.45, 2.75) is 19.4 Å². The van der Waals surface area contributed by atoms with E-state index in [2.05, 4.69) is 39.0 Å². The van der Waals surface area contributed by atoms with Crippen LogP contribution >= 0.6 is 0 Å². The van der Waals surface area contributed by atoms with Crippen LogP contribution in [0.3, 0.4) is 0 Å². The Morgan fingerprint density at radius 3 is 2.35 bits per heavy atom. The molecule has 0 saturated carbocycles. The van der Waals surface area contributed by atoms with Crippen molar-refractivity contribution >= 4 is 11.7 Å². The zero-order chi connectivity index (χ0) is 17.8. The summed E-state index contributed by atoms with van der Waals surface area (Å²) in [4.78, 5) is 24.3. The molecule has 1 amide bonds. The van der Waals surface area contributed by atoms with E-state index in [0.29, 0.717) is 0 Å². The number of pyridine rings is 1. The number of piperazine rings is 1. The number of hydrogen-bond acceptors (Lipinski definition) is 4. The Hall–Kier alpha value is -2.40. The Balaban J connectivity index is 1.39. The lowest BCUT2D eigenvalue weighted by atomic mass is 10.1. The van der Waals surface area contributed by atoms with Crippen LogP contribution in [0.2, 0.25) is 0 Å². The van der Waals surface area contributed by atoms with Crippen molar-refractivity contribution in [3.63, 3.8) is 0 Å². The fourth-order valence-corrected chi connectivity index (χ4v) is 3.87. The molecule has 0 atom stereocenters. The van der Waals surface area contributed by atoms with Crippen LogP contribution < -0.4 is 4.90 Å². The van der Waals surface area contributed by atoms with E-state index in [0.717, 1.165) is 57.2 Å². The highest BCUT2D eigenvalue weighted by molar-refractivity contribution is 5.99. The quantitative estimate of drug-likeness (QED) is 0.850. The lowest BCUT2D eigenvalue weighted by Crippen LogP contribution is -2.48. The maximum Gasteiger partial charge on any atom is 0.257 e. The summed E-state index contributed by atoms with van der Waals surface area (Å²) >= 11 is 0. The number of nitrogens with zero attached hydrogens (tertiary/aromatic N) is 4. The second-order valence-corrected chi connectivity index (χ2v) is 7.12. The molecule has 2 aromatic rings. The Labute approximate surface area is 155 Å². The van der Waals surface area contributed by atoms with E-state index in [1.807, 2.05) is 23.1 Å². The van der Waals surface area contributed by atoms with Gasteiger partial charge in [-0.05, 0) is 30.5 Å². The third-order valence-corrected chi connectivity index (χ3v) is 5.33. The second kappa shape index (κ2) is 7.87. The number of carbonyl (C=O) groups is 1. The molecule has 26 heavy (non-hydrogen) atoms. The minimum Gasteiger partial charge on any atom is -0.356 e. The van der Waals surface area contributed by atoms with Gasteiger partial charge >= 0.3 is 0 Å². The molecular weight excluding hydrogens is 324 g/mol. The molecule has 0 radical (unpaired) electrons. The fraction of sp³-hybridized carbons (Fsp3) is 0.429. The van der Waals surface area contributed by atoms with Crippen molar-refractivity contribution in [1.29, 1.82) is 0 Å². The number of aromatic nitrogens is 1. The molecule has 2 aliphatic heterocycles. The monoisotopic (exact) mass is 350 g/mol. The molecular formula is C21H26N4O. The Morgan fingerprint density at radius 2 is 1.62 bits per heavy atom. The van der Waals surface area contributed by atoms with E-state index in [4.69, 9.17) is 0 Å². The van der Waals surface area contributed by atoms with Crippen molar-refractivity contribution < 1.29 is 4.79 Å². The number of amides is 1. The van der Waals surface area contributed by atoms with Gasteiger partial charge in [0.1, 0.15) is 5.82 Å². The van der Waals surface area contributed by atoms with Gasteiger partial charge in [-0.1, -0.05) is 30.3 Å². The van der Waals surface area contributed by atoms with E-state index < -0.39 is 0 Å². The molecule has 0 unspecified atom stereocenters. The van der Waals surface area contributed by atoms with Crippen LogP contribution in [0.15, 0.2) is 48.7 Å². The van der Waals surface area contributed by atoms with Crippen molar-refractivity contribution in [3.8, 4) is 0 Å². The van der Waals surface area contributed by atoms with Crippen molar-refractivity contribution in [1.82, 2.24) is 14.8 Å². The summed E-state index contributed by atoms with van der Waals surface area (Å²) in [5, 5.41) is 0. The normalized spacial score (nSPS) is 18.3. The van der Waals surface area contributed by atoms with E-state index in [1.54, 1.807) is 6.20 Å². The second-order valence-electron chi connectivity index (χ2n) is 7.12. The summed E-state index contributed by atoms with van der Waals surface area (Å²) in [6.07, 6.45) is 4.16. The maximum atomic E-state index is 13.1. The Kier molecular flexibility index (Phi) is 5.16. The van der Waals surface area contributed by atoms with Gasteiger partial charge in [-0.25, -0.2) is 4.98 Å². The highest BCUT2D eigenvalue weighted by atomic mass is 16.2. The van der Waals surface area contributed by atoms with E-state index in [1.165, 1.54) is 18.4 Å². The van der Waals surface area contributed by atoms with Crippen molar-refractivity contribution in [3.05, 3.63) is 59.8 Å².